The van der Waals surface area contributed by atoms with E-state index < -0.39 is 5.97 Å². The van der Waals surface area contributed by atoms with Gasteiger partial charge in [-0.1, -0.05) is 19.1 Å². The molecule has 1 aliphatic heterocycles. The summed E-state index contributed by atoms with van der Waals surface area (Å²) in [6.07, 6.45) is 0.857. The van der Waals surface area contributed by atoms with Gasteiger partial charge in [0.15, 0.2) is 12.4 Å². The topological polar surface area (TPSA) is 79.5 Å². The van der Waals surface area contributed by atoms with Crippen LogP contribution in [0.4, 0.5) is 5.69 Å². The van der Waals surface area contributed by atoms with E-state index in [-0.39, 0.29) is 24.0 Å². The van der Waals surface area contributed by atoms with Crippen LogP contribution in [-0.4, -0.2) is 41.0 Å². The van der Waals surface area contributed by atoms with Crippen LogP contribution in [0.1, 0.15) is 52.4 Å². The molecule has 0 radical (unpaired) electrons. The summed E-state index contributed by atoms with van der Waals surface area (Å²) in [5.41, 5.74) is 2.73. The molecule has 0 bridgehead atoms. The number of fused-ring (bicyclic) bond motifs is 1. The fourth-order valence-corrected chi connectivity index (χ4v) is 4.62. The number of hydrogen-bond donors (Lipinski definition) is 1. The number of para-hydroxylation sites is 1. The molecule has 0 aliphatic carbocycles. The van der Waals surface area contributed by atoms with E-state index in [9.17, 15) is 14.4 Å². The van der Waals surface area contributed by atoms with E-state index in [1.54, 1.807) is 30.5 Å². The van der Waals surface area contributed by atoms with Crippen molar-refractivity contribution in [1.29, 1.82) is 0 Å². The molecule has 2 heterocycles. The van der Waals surface area contributed by atoms with Gasteiger partial charge in [-0.25, -0.2) is 4.79 Å². The molecule has 3 rings (SSSR count). The monoisotopic (exact) mass is 400 g/mol. The zero-order valence-corrected chi connectivity index (χ0v) is 17.3. The Hall–Kier alpha value is -2.54. The van der Waals surface area contributed by atoms with Crippen LogP contribution in [0.5, 0.6) is 0 Å². The third kappa shape index (κ3) is 3.99. The number of carbonyl (C=O) groups excluding carboxylic acids is 3. The van der Waals surface area contributed by atoms with Crippen LogP contribution in [0.2, 0.25) is 0 Å². The molecule has 1 N–H and O–H groups in total. The normalized spacial score (nSPS) is 16.3. The number of benzene rings is 1. The summed E-state index contributed by atoms with van der Waals surface area (Å²) in [7, 11) is 0. The summed E-state index contributed by atoms with van der Waals surface area (Å²) in [6, 6.07) is 7.77. The molecule has 2 aromatic rings. The van der Waals surface area contributed by atoms with Gasteiger partial charge in [0.25, 0.3) is 5.91 Å². The fourth-order valence-electron chi connectivity index (χ4n) is 3.51. The molecule has 1 unspecified atom stereocenters. The van der Waals surface area contributed by atoms with E-state index >= 15 is 0 Å². The summed E-state index contributed by atoms with van der Waals surface area (Å²) >= 11 is 1.75. The number of esters is 1. The highest BCUT2D eigenvalue weighted by molar-refractivity contribution is 8.00. The van der Waals surface area contributed by atoms with Gasteiger partial charge in [-0.15, -0.1) is 11.8 Å². The van der Waals surface area contributed by atoms with Crippen LogP contribution in [-0.2, 0) is 9.53 Å². The molecular formula is C21H24N2O4S. The van der Waals surface area contributed by atoms with Crippen LogP contribution in [0.3, 0.4) is 0 Å². The smallest absolute Gasteiger partial charge is 0.355 e. The molecule has 1 amide bonds. The lowest BCUT2D eigenvalue weighted by Crippen LogP contribution is -2.35. The van der Waals surface area contributed by atoms with Crippen molar-refractivity contribution in [3.63, 3.8) is 0 Å². The van der Waals surface area contributed by atoms with Crippen molar-refractivity contribution >= 4 is 35.1 Å². The van der Waals surface area contributed by atoms with Gasteiger partial charge >= 0.3 is 5.97 Å². The Kier molecular flexibility index (Phi) is 5.93. The minimum atomic E-state index is -0.632. The third-order valence-corrected chi connectivity index (χ3v) is 6.10. The van der Waals surface area contributed by atoms with Gasteiger partial charge in [0.05, 0.1) is 5.69 Å². The van der Waals surface area contributed by atoms with Crippen molar-refractivity contribution < 1.29 is 19.1 Å². The second-order valence-electron chi connectivity index (χ2n) is 6.99. The molecule has 1 aromatic carbocycles. The number of hydrogen-bond acceptors (Lipinski definition) is 5. The van der Waals surface area contributed by atoms with Crippen LogP contribution in [0.15, 0.2) is 29.2 Å². The Bertz CT molecular complexity index is 934. The molecule has 0 spiro atoms. The fraction of sp³-hybridized carbons (Fsp3) is 0.381. The molecule has 7 heteroatoms. The second-order valence-corrected chi connectivity index (χ2v) is 8.47. The lowest BCUT2D eigenvalue weighted by atomic mass is 10.1. The minimum absolute atomic E-state index is 0.117. The number of carbonyl (C=O) groups is 3. The number of thioether (sulfide) groups is 1. The Morgan fingerprint density at radius 2 is 1.96 bits per heavy atom. The van der Waals surface area contributed by atoms with Crippen molar-refractivity contribution in [2.24, 2.45) is 0 Å². The summed E-state index contributed by atoms with van der Waals surface area (Å²) < 4.78 is 5.28. The third-order valence-electron chi connectivity index (χ3n) is 4.86. The summed E-state index contributed by atoms with van der Waals surface area (Å²) in [5, 5.41) is 0.399. The predicted molar refractivity (Wildman–Crippen MR) is 109 cm³/mol. The molecule has 1 atom stereocenters. The number of Topliss-reactive ketones (excluding diaryl/α,β-unsaturated/α-hetero) is 1. The van der Waals surface area contributed by atoms with Crippen molar-refractivity contribution in [1.82, 2.24) is 4.98 Å². The number of nitrogens with zero attached hydrogens (tertiary/aromatic N) is 1. The first kappa shape index (κ1) is 20.2. The van der Waals surface area contributed by atoms with Gasteiger partial charge in [-0.05, 0) is 44.9 Å². The lowest BCUT2D eigenvalue weighted by molar-refractivity contribution is -0.121. The maximum atomic E-state index is 12.8. The highest BCUT2D eigenvalue weighted by Crippen LogP contribution is 2.37. The van der Waals surface area contributed by atoms with E-state index in [0.717, 1.165) is 17.0 Å². The number of nitrogens with one attached hydrogen (secondary N) is 1. The average molecular weight is 401 g/mol. The number of rotatable bonds is 4. The van der Waals surface area contributed by atoms with E-state index in [4.69, 9.17) is 4.74 Å². The Balaban J connectivity index is 1.73. The highest BCUT2D eigenvalue weighted by atomic mass is 32.2. The van der Waals surface area contributed by atoms with E-state index in [0.29, 0.717) is 28.6 Å². The first-order valence-electron chi connectivity index (χ1n) is 9.22. The first-order valence-corrected chi connectivity index (χ1v) is 10.1. The van der Waals surface area contributed by atoms with Crippen molar-refractivity contribution in [3.05, 3.63) is 46.8 Å². The molecule has 0 saturated heterocycles. The number of aromatic amines is 1. The molecule has 0 saturated carbocycles. The maximum Gasteiger partial charge on any atom is 0.355 e. The number of amides is 1. The quantitative estimate of drug-likeness (QED) is 0.622. The van der Waals surface area contributed by atoms with Gasteiger partial charge < -0.3 is 14.6 Å². The predicted octanol–water partition coefficient (Wildman–Crippen LogP) is 3.91. The van der Waals surface area contributed by atoms with Gasteiger partial charge in [-0.3, -0.25) is 9.59 Å². The molecule has 148 valence electrons. The van der Waals surface area contributed by atoms with Crippen LogP contribution in [0.25, 0.3) is 0 Å². The first-order chi connectivity index (χ1) is 13.3. The van der Waals surface area contributed by atoms with Crippen LogP contribution < -0.4 is 4.90 Å². The van der Waals surface area contributed by atoms with Crippen LogP contribution in [0, 0.1) is 13.8 Å². The number of aromatic nitrogens is 1. The zero-order chi connectivity index (χ0) is 20.4. The lowest BCUT2D eigenvalue weighted by Gasteiger charge is -2.22. The van der Waals surface area contributed by atoms with Crippen molar-refractivity contribution in [2.45, 2.75) is 44.3 Å². The van der Waals surface area contributed by atoms with Crippen LogP contribution >= 0.6 is 11.8 Å². The molecule has 1 aromatic heterocycles. The van der Waals surface area contributed by atoms with Gasteiger partial charge in [0.1, 0.15) is 5.69 Å². The van der Waals surface area contributed by atoms with Gasteiger partial charge in [0, 0.05) is 27.9 Å². The van der Waals surface area contributed by atoms with Gasteiger partial charge in [0.2, 0.25) is 0 Å². The molecule has 1 aliphatic rings. The standard InChI is InChI=1S/C21H24N2O4S/c1-12-9-10-23(16-7-5-6-8-17(16)28-12)18(25)11-27-21(26)20-13(2)19(15(4)24)14(3)22-20/h5-8,12,22H,9-11H2,1-4H3. The number of H-pyrrole nitrogens is 1. The Labute approximate surface area is 168 Å². The van der Waals surface area contributed by atoms with Crippen molar-refractivity contribution in [3.8, 4) is 0 Å². The summed E-state index contributed by atoms with van der Waals surface area (Å²) in [5.74, 6) is -1.01. The molecule has 28 heavy (non-hydrogen) atoms. The largest absolute Gasteiger partial charge is 0.451 e. The number of aryl methyl sites for hydroxylation is 1. The molecule has 6 nitrogen and oxygen atoms in total. The van der Waals surface area contributed by atoms with E-state index in [2.05, 4.69) is 11.9 Å². The number of ketones is 1. The molecular weight excluding hydrogens is 376 g/mol. The van der Waals surface area contributed by atoms with E-state index in [1.165, 1.54) is 6.92 Å². The van der Waals surface area contributed by atoms with Crippen molar-refractivity contribution in [2.75, 3.05) is 18.1 Å². The second kappa shape index (κ2) is 8.22. The van der Waals surface area contributed by atoms with Gasteiger partial charge in [-0.2, -0.15) is 0 Å². The summed E-state index contributed by atoms with van der Waals surface area (Å²) in [6.45, 7) is 7.26. The van der Waals surface area contributed by atoms with E-state index in [1.807, 2.05) is 24.3 Å². The average Bonchev–Trinajstić information content (AvgIpc) is 2.84. The highest BCUT2D eigenvalue weighted by Gasteiger charge is 2.26. The SMILES string of the molecule is CC(=O)c1c(C)[nH]c(C(=O)OCC(=O)N2CCC(C)Sc3ccccc32)c1C. The summed E-state index contributed by atoms with van der Waals surface area (Å²) in [4.78, 5) is 42.6. The Morgan fingerprint density at radius 3 is 2.64 bits per heavy atom. The number of ether oxygens (including phenoxy) is 1. The minimum Gasteiger partial charge on any atom is -0.451 e. The zero-order valence-electron chi connectivity index (χ0n) is 16.5. The maximum absolute atomic E-state index is 12.8. The Morgan fingerprint density at radius 1 is 1.25 bits per heavy atom. The number of anilines is 1. The molecule has 0 fully saturated rings.